The molecule has 0 bridgehead atoms. The van der Waals surface area contributed by atoms with Crippen LogP contribution in [0.5, 0.6) is 0 Å². The summed E-state index contributed by atoms with van der Waals surface area (Å²) in [5.41, 5.74) is 0. The summed E-state index contributed by atoms with van der Waals surface area (Å²) in [5.74, 6) is 1.05. The molecule has 0 heterocycles. The highest BCUT2D eigenvalue weighted by molar-refractivity contribution is 6.76. The summed E-state index contributed by atoms with van der Waals surface area (Å²) in [7, 11) is -1.10. The van der Waals surface area contributed by atoms with Crippen molar-refractivity contribution in [3.63, 3.8) is 0 Å². The molecule has 0 aliphatic carbocycles. The van der Waals surface area contributed by atoms with Crippen molar-refractivity contribution in [2.45, 2.75) is 65.7 Å². The van der Waals surface area contributed by atoms with Crippen molar-refractivity contribution in [3.05, 3.63) is 0 Å². The third-order valence-corrected chi connectivity index (χ3v) is 4.45. The summed E-state index contributed by atoms with van der Waals surface area (Å²) in [5, 5.41) is 0. The number of unbranched alkanes of at least 4 members (excludes halogenated alkanes) is 1. The molecule has 0 radical (unpaired) electrons. The molecule has 0 fully saturated rings. The molecule has 0 aromatic carbocycles. The van der Waals surface area contributed by atoms with E-state index in [2.05, 4.69) is 26.6 Å². The summed E-state index contributed by atoms with van der Waals surface area (Å²) in [6.45, 7) is 13.3. The molecule has 0 saturated heterocycles. The van der Waals surface area contributed by atoms with E-state index in [-0.39, 0.29) is 5.92 Å². The van der Waals surface area contributed by atoms with Gasteiger partial charge in [0.25, 0.3) is 0 Å². The molecular weight excluding hydrogens is 200 g/mol. The number of Topliss-reactive ketones (excluding diaryl/α,β-unsaturated/α-hetero) is 1. The fraction of sp³-hybridized carbons (Fsp3) is 0.923. The quantitative estimate of drug-likeness (QED) is 0.592. The van der Waals surface area contributed by atoms with E-state index < -0.39 is 8.07 Å². The second-order valence-corrected chi connectivity index (χ2v) is 11.7. The first kappa shape index (κ1) is 14.9. The van der Waals surface area contributed by atoms with E-state index in [1.165, 1.54) is 18.9 Å². The van der Waals surface area contributed by atoms with E-state index in [9.17, 15) is 4.79 Å². The zero-order valence-electron chi connectivity index (χ0n) is 11.4. The molecule has 1 unspecified atom stereocenters. The summed E-state index contributed by atoms with van der Waals surface area (Å²) < 4.78 is 0. The standard InChI is InChI=1S/C13H28OSi/c1-7-8-9-12(10-15(4,5)6)13(14)11(2)3/h11-12H,7-10H2,1-6H3. The predicted octanol–water partition coefficient (Wildman–Crippen LogP) is 4.36. The third-order valence-electron chi connectivity index (χ3n) is 2.74. The van der Waals surface area contributed by atoms with Crippen LogP contribution in [0.2, 0.25) is 25.7 Å². The highest BCUT2D eigenvalue weighted by Gasteiger charge is 2.26. The van der Waals surface area contributed by atoms with Crippen molar-refractivity contribution < 1.29 is 4.79 Å². The average molecular weight is 228 g/mol. The van der Waals surface area contributed by atoms with Gasteiger partial charge in [-0.3, -0.25) is 4.79 Å². The van der Waals surface area contributed by atoms with Gasteiger partial charge in [-0.05, 0) is 12.5 Å². The Morgan fingerprint density at radius 1 is 1.20 bits per heavy atom. The van der Waals surface area contributed by atoms with Crippen molar-refractivity contribution in [2.24, 2.45) is 11.8 Å². The lowest BCUT2D eigenvalue weighted by Crippen LogP contribution is -2.30. The Bertz CT molecular complexity index is 191. The molecule has 0 aliphatic heterocycles. The first-order chi connectivity index (χ1) is 6.78. The number of hydrogen-bond acceptors (Lipinski definition) is 1. The Labute approximate surface area is 96.7 Å². The van der Waals surface area contributed by atoms with Crippen LogP contribution < -0.4 is 0 Å². The van der Waals surface area contributed by atoms with E-state index >= 15 is 0 Å². The maximum Gasteiger partial charge on any atom is 0.138 e. The SMILES string of the molecule is CCCCC(C[Si](C)(C)C)C(=O)C(C)C. The van der Waals surface area contributed by atoms with Gasteiger partial charge < -0.3 is 0 Å². The smallest absolute Gasteiger partial charge is 0.138 e. The molecule has 2 heteroatoms. The van der Waals surface area contributed by atoms with Crippen molar-refractivity contribution in [2.75, 3.05) is 0 Å². The van der Waals surface area contributed by atoms with Gasteiger partial charge in [-0.25, -0.2) is 0 Å². The molecule has 0 saturated carbocycles. The minimum atomic E-state index is -1.10. The predicted molar refractivity (Wildman–Crippen MR) is 71.0 cm³/mol. The normalized spacial score (nSPS) is 14.3. The Balaban J connectivity index is 4.37. The number of rotatable bonds is 7. The van der Waals surface area contributed by atoms with Gasteiger partial charge in [0.1, 0.15) is 5.78 Å². The monoisotopic (exact) mass is 228 g/mol. The molecule has 0 N–H and O–H groups in total. The van der Waals surface area contributed by atoms with E-state index in [1.807, 2.05) is 13.8 Å². The highest BCUT2D eigenvalue weighted by atomic mass is 28.3. The van der Waals surface area contributed by atoms with Crippen LogP contribution in [0.4, 0.5) is 0 Å². The molecule has 0 aromatic rings. The number of ketones is 1. The number of carbonyl (C=O) groups excluding carboxylic acids is 1. The fourth-order valence-corrected chi connectivity index (χ4v) is 3.89. The summed E-state index contributed by atoms with van der Waals surface area (Å²) in [4.78, 5) is 12.0. The lowest BCUT2D eigenvalue weighted by Gasteiger charge is -2.24. The van der Waals surface area contributed by atoms with Gasteiger partial charge in [0.15, 0.2) is 0 Å². The summed E-state index contributed by atoms with van der Waals surface area (Å²) in [6, 6.07) is 1.17. The van der Waals surface area contributed by atoms with Crippen LogP contribution in [0, 0.1) is 11.8 Å². The lowest BCUT2D eigenvalue weighted by atomic mass is 9.92. The van der Waals surface area contributed by atoms with Crippen LogP contribution in [0.3, 0.4) is 0 Å². The van der Waals surface area contributed by atoms with Crippen LogP contribution in [0.1, 0.15) is 40.0 Å². The van der Waals surface area contributed by atoms with Gasteiger partial charge in [-0.2, -0.15) is 0 Å². The maximum atomic E-state index is 12.0. The van der Waals surface area contributed by atoms with Crippen molar-refractivity contribution >= 4 is 13.9 Å². The third kappa shape index (κ3) is 6.88. The van der Waals surface area contributed by atoms with Crippen LogP contribution in [0.15, 0.2) is 0 Å². The van der Waals surface area contributed by atoms with Gasteiger partial charge in [0, 0.05) is 19.9 Å². The molecule has 0 aromatic heterocycles. The number of hydrogen-bond donors (Lipinski definition) is 0. The van der Waals surface area contributed by atoms with Crippen LogP contribution in [-0.4, -0.2) is 13.9 Å². The Hall–Kier alpha value is -0.113. The second kappa shape index (κ2) is 6.47. The van der Waals surface area contributed by atoms with E-state index in [4.69, 9.17) is 0 Å². The first-order valence-electron chi connectivity index (χ1n) is 6.31. The van der Waals surface area contributed by atoms with Gasteiger partial charge in [-0.15, -0.1) is 0 Å². The van der Waals surface area contributed by atoms with Gasteiger partial charge in [-0.1, -0.05) is 53.3 Å². The Kier molecular flexibility index (Phi) is 6.42. The molecular formula is C13H28OSi. The van der Waals surface area contributed by atoms with Crippen molar-refractivity contribution in [3.8, 4) is 0 Å². The van der Waals surface area contributed by atoms with Gasteiger partial charge in [0.2, 0.25) is 0 Å². The van der Waals surface area contributed by atoms with E-state index in [0.717, 1.165) is 6.42 Å². The lowest BCUT2D eigenvalue weighted by molar-refractivity contribution is -0.125. The minimum absolute atomic E-state index is 0.211. The number of carbonyl (C=O) groups is 1. The van der Waals surface area contributed by atoms with E-state index in [0.29, 0.717) is 11.7 Å². The molecule has 90 valence electrons. The van der Waals surface area contributed by atoms with E-state index in [1.54, 1.807) is 0 Å². The maximum absolute atomic E-state index is 12.0. The fourth-order valence-electron chi connectivity index (χ4n) is 2.01. The molecule has 15 heavy (non-hydrogen) atoms. The van der Waals surface area contributed by atoms with Crippen LogP contribution in [0.25, 0.3) is 0 Å². The molecule has 0 amide bonds. The molecule has 1 nitrogen and oxygen atoms in total. The van der Waals surface area contributed by atoms with Crippen molar-refractivity contribution in [1.29, 1.82) is 0 Å². The highest BCUT2D eigenvalue weighted by Crippen LogP contribution is 2.25. The van der Waals surface area contributed by atoms with Crippen LogP contribution >= 0.6 is 0 Å². The van der Waals surface area contributed by atoms with Crippen LogP contribution in [-0.2, 0) is 4.79 Å². The molecule has 1 atom stereocenters. The molecule has 0 rings (SSSR count). The first-order valence-corrected chi connectivity index (χ1v) is 10.0. The zero-order valence-corrected chi connectivity index (χ0v) is 12.4. The molecule has 0 aliphatic rings. The Morgan fingerprint density at radius 3 is 2.07 bits per heavy atom. The second-order valence-electron chi connectivity index (χ2n) is 6.16. The average Bonchev–Trinajstić information content (AvgIpc) is 2.09. The summed E-state index contributed by atoms with van der Waals surface area (Å²) >= 11 is 0. The van der Waals surface area contributed by atoms with Crippen molar-refractivity contribution in [1.82, 2.24) is 0 Å². The van der Waals surface area contributed by atoms with Gasteiger partial charge in [0.05, 0.1) is 0 Å². The van der Waals surface area contributed by atoms with Gasteiger partial charge >= 0.3 is 0 Å². The zero-order chi connectivity index (χ0) is 12.1. The summed E-state index contributed by atoms with van der Waals surface area (Å²) in [6.07, 6.45) is 3.51. The molecule has 0 spiro atoms. The minimum Gasteiger partial charge on any atom is -0.299 e. The Morgan fingerprint density at radius 2 is 1.73 bits per heavy atom. The largest absolute Gasteiger partial charge is 0.299 e. The topological polar surface area (TPSA) is 17.1 Å².